The Morgan fingerprint density at radius 1 is 1.21 bits per heavy atom. The summed E-state index contributed by atoms with van der Waals surface area (Å²) in [5, 5.41) is 3.39. The standard InChI is InChI=1S/C16H28N2O/c1-12(2)10-18(14-5-6-14)11-16-8-7-15(19-16)9-17-13(3)4/h7-8,12-14,17H,5-6,9-11H2,1-4H3. The van der Waals surface area contributed by atoms with Crippen molar-refractivity contribution in [2.75, 3.05) is 6.54 Å². The van der Waals surface area contributed by atoms with Crippen LogP contribution in [-0.2, 0) is 13.1 Å². The molecule has 0 saturated heterocycles. The SMILES string of the molecule is CC(C)CN(Cc1ccc(CNC(C)C)o1)C1CC1. The molecule has 1 aromatic heterocycles. The van der Waals surface area contributed by atoms with E-state index in [1.54, 1.807) is 0 Å². The smallest absolute Gasteiger partial charge is 0.118 e. The maximum atomic E-state index is 5.92. The monoisotopic (exact) mass is 264 g/mol. The Kier molecular flexibility index (Phi) is 5.06. The molecular weight excluding hydrogens is 236 g/mol. The van der Waals surface area contributed by atoms with Crippen LogP contribution in [0.25, 0.3) is 0 Å². The molecule has 1 aliphatic rings. The van der Waals surface area contributed by atoms with Crippen LogP contribution in [0.1, 0.15) is 52.1 Å². The minimum atomic E-state index is 0.498. The third kappa shape index (κ3) is 5.00. The quantitative estimate of drug-likeness (QED) is 0.780. The van der Waals surface area contributed by atoms with E-state index in [4.69, 9.17) is 4.42 Å². The Morgan fingerprint density at radius 2 is 1.89 bits per heavy atom. The average Bonchev–Trinajstić information content (AvgIpc) is 3.07. The van der Waals surface area contributed by atoms with Gasteiger partial charge in [0.1, 0.15) is 11.5 Å². The van der Waals surface area contributed by atoms with Crippen LogP contribution in [0, 0.1) is 5.92 Å². The first kappa shape index (κ1) is 14.6. The minimum Gasteiger partial charge on any atom is -0.463 e. The summed E-state index contributed by atoms with van der Waals surface area (Å²) in [5.74, 6) is 2.87. The van der Waals surface area contributed by atoms with E-state index in [1.807, 2.05) is 0 Å². The highest BCUT2D eigenvalue weighted by Gasteiger charge is 2.29. The number of nitrogens with one attached hydrogen (secondary N) is 1. The van der Waals surface area contributed by atoms with E-state index >= 15 is 0 Å². The van der Waals surface area contributed by atoms with Gasteiger partial charge < -0.3 is 9.73 Å². The van der Waals surface area contributed by atoms with Crippen molar-refractivity contribution >= 4 is 0 Å². The normalized spacial score (nSPS) is 15.9. The van der Waals surface area contributed by atoms with Crippen molar-refractivity contribution in [2.45, 2.75) is 65.7 Å². The van der Waals surface area contributed by atoms with Crippen LogP contribution in [0.15, 0.2) is 16.5 Å². The van der Waals surface area contributed by atoms with Gasteiger partial charge in [0.2, 0.25) is 0 Å². The van der Waals surface area contributed by atoms with Gasteiger partial charge in [-0.25, -0.2) is 0 Å². The largest absolute Gasteiger partial charge is 0.463 e. The first-order valence-corrected chi connectivity index (χ1v) is 7.59. The van der Waals surface area contributed by atoms with Crippen LogP contribution in [0.5, 0.6) is 0 Å². The molecule has 3 nitrogen and oxygen atoms in total. The van der Waals surface area contributed by atoms with E-state index < -0.39 is 0 Å². The lowest BCUT2D eigenvalue weighted by atomic mass is 10.2. The van der Waals surface area contributed by atoms with Crippen LogP contribution in [0.4, 0.5) is 0 Å². The molecule has 2 rings (SSSR count). The first-order chi connectivity index (χ1) is 9.04. The van der Waals surface area contributed by atoms with E-state index in [0.717, 1.165) is 36.6 Å². The van der Waals surface area contributed by atoms with Crippen LogP contribution < -0.4 is 5.32 Å². The topological polar surface area (TPSA) is 28.4 Å². The van der Waals surface area contributed by atoms with E-state index in [2.05, 4.69) is 50.0 Å². The number of rotatable bonds is 8. The van der Waals surface area contributed by atoms with Gasteiger partial charge in [0.05, 0.1) is 13.1 Å². The molecule has 1 aliphatic carbocycles. The highest BCUT2D eigenvalue weighted by atomic mass is 16.3. The molecule has 108 valence electrons. The fourth-order valence-electron chi connectivity index (χ4n) is 2.36. The fraction of sp³-hybridized carbons (Fsp3) is 0.750. The molecule has 0 bridgehead atoms. The van der Waals surface area contributed by atoms with Gasteiger partial charge in [0.25, 0.3) is 0 Å². The summed E-state index contributed by atoms with van der Waals surface area (Å²) in [6.07, 6.45) is 2.71. The second kappa shape index (κ2) is 6.58. The predicted octanol–water partition coefficient (Wildman–Crippen LogP) is 3.40. The van der Waals surface area contributed by atoms with E-state index in [-0.39, 0.29) is 0 Å². The molecule has 0 spiro atoms. The van der Waals surface area contributed by atoms with Crippen molar-refractivity contribution in [3.05, 3.63) is 23.7 Å². The summed E-state index contributed by atoms with van der Waals surface area (Å²) < 4.78 is 5.92. The average molecular weight is 264 g/mol. The van der Waals surface area contributed by atoms with Gasteiger partial charge in [0.15, 0.2) is 0 Å². The predicted molar refractivity (Wildman–Crippen MR) is 79.0 cm³/mol. The summed E-state index contributed by atoms with van der Waals surface area (Å²) >= 11 is 0. The minimum absolute atomic E-state index is 0.498. The van der Waals surface area contributed by atoms with Gasteiger partial charge in [-0.1, -0.05) is 27.7 Å². The maximum Gasteiger partial charge on any atom is 0.118 e. The van der Waals surface area contributed by atoms with Crippen molar-refractivity contribution in [3.8, 4) is 0 Å². The summed E-state index contributed by atoms with van der Waals surface area (Å²) in [4.78, 5) is 2.57. The van der Waals surface area contributed by atoms with E-state index in [9.17, 15) is 0 Å². The lowest BCUT2D eigenvalue weighted by Gasteiger charge is -2.22. The van der Waals surface area contributed by atoms with Crippen LogP contribution in [0.3, 0.4) is 0 Å². The molecule has 0 amide bonds. The molecule has 0 aliphatic heterocycles. The summed E-state index contributed by atoms with van der Waals surface area (Å²) in [7, 11) is 0. The molecule has 0 unspecified atom stereocenters. The third-order valence-electron chi connectivity index (χ3n) is 3.42. The summed E-state index contributed by atoms with van der Waals surface area (Å²) in [6, 6.07) is 5.53. The van der Waals surface area contributed by atoms with Crippen molar-refractivity contribution in [1.29, 1.82) is 0 Å². The molecule has 0 atom stereocenters. The van der Waals surface area contributed by atoms with Crippen molar-refractivity contribution < 1.29 is 4.42 Å². The molecule has 1 saturated carbocycles. The van der Waals surface area contributed by atoms with Gasteiger partial charge >= 0.3 is 0 Å². The molecular formula is C16H28N2O. The Hall–Kier alpha value is -0.800. The molecule has 3 heteroatoms. The van der Waals surface area contributed by atoms with Gasteiger partial charge in [-0.15, -0.1) is 0 Å². The maximum absolute atomic E-state index is 5.92. The molecule has 19 heavy (non-hydrogen) atoms. The highest BCUT2D eigenvalue weighted by Crippen LogP contribution is 2.29. The van der Waals surface area contributed by atoms with Crippen LogP contribution >= 0.6 is 0 Å². The molecule has 1 fully saturated rings. The Bertz CT molecular complexity index is 380. The third-order valence-corrected chi connectivity index (χ3v) is 3.42. The first-order valence-electron chi connectivity index (χ1n) is 7.59. The Morgan fingerprint density at radius 3 is 2.47 bits per heavy atom. The molecule has 0 radical (unpaired) electrons. The second-order valence-corrected chi connectivity index (χ2v) is 6.46. The lowest BCUT2D eigenvalue weighted by molar-refractivity contribution is 0.207. The molecule has 1 heterocycles. The summed E-state index contributed by atoms with van der Waals surface area (Å²) in [5.41, 5.74) is 0. The molecule has 0 aromatic carbocycles. The van der Waals surface area contributed by atoms with Crippen LogP contribution in [0.2, 0.25) is 0 Å². The molecule has 1 N–H and O–H groups in total. The Balaban J connectivity index is 1.86. The zero-order chi connectivity index (χ0) is 13.8. The van der Waals surface area contributed by atoms with Crippen molar-refractivity contribution in [3.63, 3.8) is 0 Å². The second-order valence-electron chi connectivity index (χ2n) is 6.46. The van der Waals surface area contributed by atoms with E-state index in [1.165, 1.54) is 19.4 Å². The highest BCUT2D eigenvalue weighted by molar-refractivity contribution is 5.08. The zero-order valence-corrected chi connectivity index (χ0v) is 12.8. The van der Waals surface area contributed by atoms with Gasteiger partial charge in [0, 0.05) is 18.6 Å². The summed E-state index contributed by atoms with van der Waals surface area (Å²) in [6.45, 7) is 11.8. The number of hydrogen-bond acceptors (Lipinski definition) is 3. The number of nitrogens with zero attached hydrogens (tertiary/aromatic N) is 1. The zero-order valence-electron chi connectivity index (χ0n) is 12.8. The van der Waals surface area contributed by atoms with Gasteiger partial charge in [-0.2, -0.15) is 0 Å². The van der Waals surface area contributed by atoms with Crippen molar-refractivity contribution in [2.24, 2.45) is 5.92 Å². The Labute approximate surface area is 117 Å². The van der Waals surface area contributed by atoms with Crippen molar-refractivity contribution in [1.82, 2.24) is 10.2 Å². The van der Waals surface area contributed by atoms with Gasteiger partial charge in [-0.3, -0.25) is 4.90 Å². The van der Waals surface area contributed by atoms with Crippen LogP contribution in [-0.4, -0.2) is 23.5 Å². The molecule has 1 aromatic rings. The van der Waals surface area contributed by atoms with E-state index in [0.29, 0.717) is 6.04 Å². The fourth-order valence-corrected chi connectivity index (χ4v) is 2.36. The number of furan rings is 1. The van der Waals surface area contributed by atoms with Gasteiger partial charge in [-0.05, 0) is 30.9 Å². The lowest BCUT2D eigenvalue weighted by Crippen LogP contribution is -2.29. The number of hydrogen-bond donors (Lipinski definition) is 1.